The molecule has 2 aromatic carbocycles. The molecule has 0 radical (unpaired) electrons. The van der Waals surface area contributed by atoms with Crippen molar-refractivity contribution in [3.05, 3.63) is 61.5 Å². The Labute approximate surface area is 181 Å². The van der Waals surface area contributed by atoms with E-state index in [9.17, 15) is 9.90 Å². The van der Waals surface area contributed by atoms with Gasteiger partial charge in [-0.2, -0.15) is 0 Å². The number of aromatic hydroxyl groups is 1. The summed E-state index contributed by atoms with van der Waals surface area (Å²) in [7, 11) is 0. The Morgan fingerprint density at radius 2 is 1.87 bits per heavy atom. The first-order valence-corrected chi connectivity index (χ1v) is 10.7. The summed E-state index contributed by atoms with van der Waals surface area (Å²) in [5.41, 5.74) is 5.12. The fraction of sp³-hybridized carbons (Fsp3) is 0.190. The monoisotopic (exact) mass is 439 g/mol. The summed E-state index contributed by atoms with van der Waals surface area (Å²) in [6, 6.07) is 12.1. The number of aromatic nitrogens is 1. The van der Waals surface area contributed by atoms with Crippen molar-refractivity contribution in [2.45, 2.75) is 0 Å². The van der Waals surface area contributed by atoms with Crippen LogP contribution in [-0.4, -0.2) is 36.3 Å². The van der Waals surface area contributed by atoms with Gasteiger partial charge < -0.3 is 15.3 Å². The molecule has 0 saturated carbocycles. The second-order valence-electron chi connectivity index (χ2n) is 7.09. The third-order valence-electron chi connectivity index (χ3n) is 5.21. The number of nitrogens with zero attached hydrogens (tertiary/aromatic N) is 3. The van der Waals surface area contributed by atoms with Gasteiger partial charge in [-0.3, -0.25) is 9.78 Å². The van der Waals surface area contributed by atoms with Gasteiger partial charge in [-0.15, -0.1) is 10.2 Å². The fourth-order valence-electron chi connectivity index (χ4n) is 3.67. The van der Waals surface area contributed by atoms with Crippen LogP contribution in [0.2, 0.25) is 5.02 Å². The van der Waals surface area contributed by atoms with Crippen molar-refractivity contribution < 1.29 is 5.11 Å². The molecule has 2 aliphatic heterocycles. The molecule has 5 rings (SSSR count). The highest BCUT2D eigenvalue weighted by Crippen LogP contribution is 2.43. The number of hydrogen-bond donors (Lipinski definition) is 3. The van der Waals surface area contributed by atoms with Gasteiger partial charge in [-0.05, 0) is 35.9 Å². The van der Waals surface area contributed by atoms with Crippen LogP contribution in [0.1, 0.15) is 10.4 Å². The van der Waals surface area contributed by atoms with E-state index in [-0.39, 0.29) is 10.8 Å². The summed E-state index contributed by atoms with van der Waals surface area (Å²) < 4.78 is 0. The van der Waals surface area contributed by atoms with Crippen LogP contribution < -0.4 is 15.1 Å². The number of azo groups is 1. The molecule has 7 nitrogen and oxygen atoms in total. The summed E-state index contributed by atoms with van der Waals surface area (Å²) in [4.78, 5) is 16.3. The van der Waals surface area contributed by atoms with E-state index in [1.165, 1.54) is 5.69 Å². The van der Waals surface area contributed by atoms with Gasteiger partial charge in [0.1, 0.15) is 0 Å². The van der Waals surface area contributed by atoms with Crippen molar-refractivity contribution in [1.29, 1.82) is 0 Å². The molecule has 9 heteroatoms. The standard InChI is InChI=1S/C21H18ClN5O2S/c22-16-10-17-15(18(26-25-17)11-19-20(28)24-21(29)30-19)9-14(16)12-1-3-13(4-2-12)27-7-5-23-6-8-27/h1-4,9-11,23,28H,5-8H2,(H,24,29)/b18-11-. The second kappa shape index (κ2) is 7.71. The number of benzene rings is 2. The van der Waals surface area contributed by atoms with Gasteiger partial charge in [0.05, 0.1) is 21.3 Å². The Hall–Kier alpha value is -2.94. The third kappa shape index (κ3) is 3.54. The molecule has 1 saturated heterocycles. The normalized spacial score (nSPS) is 17.0. The van der Waals surface area contributed by atoms with E-state index in [4.69, 9.17) is 11.6 Å². The first-order valence-electron chi connectivity index (χ1n) is 9.54. The van der Waals surface area contributed by atoms with E-state index in [1.807, 2.05) is 6.07 Å². The number of H-pyrrole nitrogens is 1. The Morgan fingerprint density at radius 1 is 1.10 bits per heavy atom. The molecule has 3 N–H and O–H groups in total. The number of aromatic amines is 1. The maximum Gasteiger partial charge on any atom is 0.307 e. The number of hydrogen-bond acceptors (Lipinski definition) is 7. The fourth-order valence-corrected chi connectivity index (χ4v) is 4.60. The lowest BCUT2D eigenvalue weighted by atomic mass is 10.00. The maximum absolute atomic E-state index is 11.5. The lowest BCUT2D eigenvalue weighted by molar-refractivity contribution is 0.455. The molecule has 0 bridgehead atoms. The van der Waals surface area contributed by atoms with E-state index < -0.39 is 0 Å². The molecule has 3 heterocycles. The van der Waals surface area contributed by atoms with Crippen LogP contribution in [0.25, 0.3) is 22.9 Å². The van der Waals surface area contributed by atoms with Gasteiger partial charge in [-0.25, -0.2) is 0 Å². The highest BCUT2D eigenvalue weighted by Gasteiger charge is 2.19. The SMILES string of the molecule is O=c1[nH]c(O)c(/C=C2\N=Nc3cc(Cl)c(-c4ccc(N5CCNCC5)cc4)cc32)s1. The number of piperazine rings is 1. The van der Waals surface area contributed by atoms with Gasteiger partial charge in [0.2, 0.25) is 5.88 Å². The molecule has 30 heavy (non-hydrogen) atoms. The number of rotatable bonds is 3. The largest absolute Gasteiger partial charge is 0.493 e. The minimum Gasteiger partial charge on any atom is -0.493 e. The molecule has 1 aromatic heterocycles. The van der Waals surface area contributed by atoms with E-state index in [0.717, 1.165) is 54.2 Å². The topological polar surface area (TPSA) is 93.1 Å². The number of anilines is 1. The highest BCUT2D eigenvalue weighted by molar-refractivity contribution is 7.10. The molecular weight excluding hydrogens is 422 g/mol. The predicted molar refractivity (Wildman–Crippen MR) is 121 cm³/mol. The quantitative estimate of drug-likeness (QED) is 0.561. The molecular formula is C21H18ClN5O2S. The van der Waals surface area contributed by atoms with E-state index in [0.29, 0.717) is 21.3 Å². The zero-order valence-corrected chi connectivity index (χ0v) is 17.4. The van der Waals surface area contributed by atoms with Crippen LogP contribution in [0.5, 0.6) is 5.88 Å². The van der Waals surface area contributed by atoms with Crippen LogP contribution >= 0.6 is 22.9 Å². The third-order valence-corrected chi connectivity index (χ3v) is 6.34. The first kappa shape index (κ1) is 19.0. The average molecular weight is 440 g/mol. The molecule has 0 unspecified atom stereocenters. The van der Waals surface area contributed by atoms with Crippen molar-refractivity contribution in [2.75, 3.05) is 31.1 Å². The second-order valence-corrected chi connectivity index (χ2v) is 8.51. The average Bonchev–Trinajstić information content (AvgIpc) is 3.30. The van der Waals surface area contributed by atoms with Gasteiger partial charge in [0.25, 0.3) is 0 Å². The number of thiazole rings is 1. The van der Waals surface area contributed by atoms with Crippen molar-refractivity contribution in [1.82, 2.24) is 10.3 Å². The molecule has 1 fully saturated rings. The van der Waals surface area contributed by atoms with Crippen molar-refractivity contribution in [3.63, 3.8) is 0 Å². The van der Waals surface area contributed by atoms with E-state index >= 15 is 0 Å². The lowest BCUT2D eigenvalue weighted by Gasteiger charge is -2.29. The van der Waals surface area contributed by atoms with Crippen molar-refractivity contribution in [2.24, 2.45) is 10.2 Å². The lowest BCUT2D eigenvalue weighted by Crippen LogP contribution is -2.43. The molecule has 152 valence electrons. The van der Waals surface area contributed by atoms with Crippen molar-refractivity contribution >= 4 is 46.1 Å². The molecule has 2 aliphatic rings. The minimum atomic E-state index is -0.323. The Bertz CT molecular complexity index is 1220. The van der Waals surface area contributed by atoms with Crippen LogP contribution in [-0.2, 0) is 0 Å². The predicted octanol–water partition coefficient (Wildman–Crippen LogP) is 4.47. The summed E-state index contributed by atoms with van der Waals surface area (Å²) >= 11 is 7.46. The van der Waals surface area contributed by atoms with E-state index in [1.54, 1.807) is 12.1 Å². The molecule has 0 aliphatic carbocycles. The number of fused-ring (bicyclic) bond motifs is 1. The van der Waals surface area contributed by atoms with Crippen molar-refractivity contribution in [3.8, 4) is 17.0 Å². The van der Waals surface area contributed by atoms with Crippen LogP contribution in [0.15, 0.2) is 51.4 Å². The summed E-state index contributed by atoms with van der Waals surface area (Å²) in [6.45, 7) is 3.97. The van der Waals surface area contributed by atoms with Crippen LogP contribution in [0.4, 0.5) is 11.4 Å². The Kier molecular flexibility index (Phi) is 4.90. The van der Waals surface area contributed by atoms with Gasteiger partial charge in [-0.1, -0.05) is 35.1 Å². The Balaban J connectivity index is 1.49. The van der Waals surface area contributed by atoms with Gasteiger partial charge in [0, 0.05) is 43.0 Å². The smallest absolute Gasteiger partial charge is 0.307 e. The molecule has 0 spiro atoms. The van der Waals surface area contributed by atoms with Crippen LogP contribution in [0.3, 0.4) is 0 Å². The minimum absolute atomic E-state index is 0.168. The first-order chi connectivity index (χ1) is 14.6. The molecule has 3 aromatic rings. The zero-order chi connectivity index (χ0) is 20.7. The highest BCUT2D eigenvalue weighted by atomic mass is 35.5. The van der Waals surface area contributed by atoms with Gasteiger partial charge in [0.15, 0.2) is 0 Å². The summed E-state index contributed by atoms with van der Waals surface area (Å²) in [5.74, 6) is -0.168. The zero-order valence-electron chi connectivity index (χ0n) is 15.9. The summed E-state index contributed by atoms with van der Waals surface area (Å²) in [5, 5.41) is 22.2. The van der Waals surface area contributed by atoms with Gasteiger partial charge >= 0.3 is 4.87 Å². The molecule has 0 amide bonds. The van der Waals surface area contributed by atoms with E-state index in [2.05, 4.69) is 49.7 Å². The number of halogens is 1. The molecule has 0 atom stereocenters. The number of nitrogens with one attached hydrogen (secondary N) is 2. The maximum atomic E-state index is 11.5. The van der Waals surface area contributed by atoms with Crippen LogP contribution in [0, 0.1) is 0 Å². The Morgan fingerprint density at radius 3 is 2.57 bits per heavy atom. The summed E-state index contributed by atoms with van der Waals surface area (Å²) in [6.07, 6.45) is 1.65.